The highest BCUT2D eigenvalue weighted by molar-refractivity contribution is 5.32. The lowest BCUT2D eigenvalue weighted by molar-refractivity contribution is -0.0348. The highest BCUT2D eigenvalue weighted by atomic mass is 16.3. The highest BCUT2D eigenvalue weighted by Gasteiger charge is 2.35. The van der Waals surface area contributed by atoms with Gasteiger partial charge in [0, 0.05) is 19.6 Å². The number of hydrogen-bond acceptors (Lipinski definition) is 3. The second-order valence-corrected chi connectivity index (χ2v) is 7.51. The van der Waals surface area contributed by atoms with E-state index < -0.39 is 11.7 Å². The Morgan fingerprint density at radius 3 is 2.28 bits per heavy atom. The summed E-state index contributed by atoms with van der Waals surface area (Å²) >= 11 is 0. The summed E-state index contributed by atoms with van der Waals surface area (Å²) in [5.41, 5.74) is 4.88. The fourth-order valence-electron chi connectivity index (χ4n) is 3.79. The quantitative estimate of drug-likeness (QED) is 0.894. The smallest absolute Gasteiger partial charge is 0.0923 e. The summed E-state index contributed by atoms with van der Waals surface area (Å²) in [7, 11) is 0. The summed E-state index contributed by atoms with van der Waals surface area (Å²) < 4.78 is 0. The van der Waals surface area contributed by atoms with Crippen molar-refractivity contribution in [2.45, 2.75) is 45.3 Å². The number of likely N-dealkylation sites (tertiary alicyclic amines) is 1. The molecule has 25 heavy (non-hydrogen) atoms. The largest absolute Gasteiger partial charge is 0.387 e. The molecule has 134 valence electrons. The minimum Gasteiger partial charge on any atom is -0.387 e. The zero-order valence-corrected chi connectivity index (χ0v) is 15.5. The van der Waals surface area contributed by atoms with Crippen LogP contribution >= 0.6 is 0 Å². The molecular formula is C22H29NO2. The molecule has 2 aromatic carbocycles. The van der Waals surface area contributed by atoms with Crippen molar-refractivity contribution in [3.05, 3.63) is 70.3 Å². The fourth-order valence-corrected chi connectivity index (χ4v) is 3.79. The van der Waals surface area contributed by atoms with Crippen LogP contribution in [0.2, 0.25) is 0 Å². The van der Waals surface area contributed by atoms with Crippen LogP contribution in [0.25, 0.3) is 0 Å². The number of piperidine rings is 1. The van der Waals surface area contributed by atoms with Gasteiger partial charge in [-0.2, -0.15) is 0 Å². The van der Waals surface area contributed by atoms with Gasteiger partial charge in [-0.1, -0.05) is 42.5 Å². The molecule has 0 aliphatic carbocycles. The van der Waals surface area contributed by atoms with Crippen LogP contribution in [0.3, 0.4) is 0 Å². The van der Waals surface area contributed by atoms with E-state index in [2.05, 4.69) is 43.9 Å². The van der Waals surface area contributed by atoms with Crippen molar-refractivity contribution < 1.29 is 10.2 Å². The van der Waals surface area contributed by atoms with Gasteiger partial charge in [-0.15, -0.1) is 0 Å². The van der Waals surface area contributed by atoms with Gasteiger partial charge in [0.1, 0.15) is 0 Å². The summed E-state index contributed by atoms with van der Waals surface area (Å²) in [6.07, 6.45) is 0.929. The first kappa shape index (κ1) is 18.1. The number of β-amino-alcohol motifs (C(OH)–C–C–N with tert-alkyl or cyclic N) is 1. The van der Waals surface area contributed by atoms with Gasteiger partial charge >= 0.3 is 0 Å². The van der Waals surface area contributed by atoms with Crippen molar-refractivity contribution in [1.82, 2.24) is 4.90 Å². The number of aliphatic hydroxyl groups excluding tert-OH is 1. The summed E-state index contributed by atoms with van der Waals surface area (Å²) in [5, 5.41) is 21.6. The average Bonchev–Trinajstić information content (AvgIpc) is 2.60. The zero-order valence-electron chi connectivity index (χ0n) is 15.5. The normalized spacial score (nSPS) is 18.9. The third-order valence-electron chi connectivity index (χ3n) is 5.68. The molecule has 0 spiro atoms. The van der Waals surface area contributed by atoms with Crippen LogP contribution in [0.5, 0.6) is 0 Å². The molecule has 1 unspecified atom stereocenters. The summed E-state index contributed by atoms with van der Waals surface area (Å²) in [4.78, 5) is 2.26. The Morgan fingerprint density at radius 1 is 0.960 bits per heavy atom. The fraction of sp³-hybridized carbons (Fsp3) is 0.455. The second kappa shape index (κ2) is 7.28. The lowest BCUT2D eigenvalue weighted by atomic mass is 9.82. The zero-order chi connectivity index (χ0) is 18.0. The van der Waals surface area contributed by atoms with E-state index in [0.29, 0.717) is 19.4 Å². The monoisotopic (exact) mass is 339 g/mol. The Balaban J connectivity index is 1.62. The molecule has 1 aliphatic rings. The van der Waals surface area contributed by atoms with E-state index in [1.807, 2.05) is 24.3 Å². The molecule has 0 bridgehead atoms. The van der Waals surface area contributed by atoms with E-state index in [9.17, 15) is 10.2 Å². The van der Waals surface area contributed by atoms with Gasteiger partial charge in [-0.3, -0.25) is 0 Å². The molecule has 1 heterocycles. The molecule has 1 fully saturated rings. The third kappa shape index (κ3) is 3.95. The lowest BCUT2D eigenvalue weighted by Gasteiger charge is -2.40. The van der Waals surface area contributed by atoms with Gasteiger partial charge in [0.05, 0.1) is 11.7 Å². The number of nitrogens with zero attached hydrogens (tertiary/aromatic N) is 1. The predicted molar refractivity (Wildman–Crippen MR) is 102 cm³/mol. The van der Waals surface area contributed by atoms with Gasteiger partial charge in [-0.05, 0) is 61.4 Å². The first-order valence-corrected chi connectivity index (χ1v) is 9.15. The van der Waals surface area contributed by atoms with Crippen LogP contribution in [0.15, 0.2) is 42.5 Å². The number of aliphatic hydroxyl groups is 2. The molecular weight excluding hydrogens is 310 g/mol. The molecule has 0 aromatic heterocycles. The van der Waals surface area contributed by atoms with Gasteiger partial charge in [0.2, 0.25) is 0 Å². The third-order valence-corrected chi connectivity index (χ3v) is 5.68. The Kier molecular flexibility index (Phi) is 5.28. The van der Waals surface area contributed by atoms with Gasteiger partial charge in [-0.25, -0.2) is 0 Å². The van der Waals surface area contributed by atoms with Crippen molar-refractivity contribution in [3.8, 4) is 0 Å². The number of benzene rings is 2. The molecule has 0 saturated carbocycles. The Morgan fingerprint density at radius 2 is 1.64 bits per heavy atom. The van der Waals surface area contributed by atoms with Crippen molar-refractivity contribution in [2.24, 2.45) is 0 Å². The van der Waals surface area contributed by atoms with Gasteiger partial charge < -0.3 is 15.1 Å². The summed E-state index contributed by atoms with van der Waals surface area (Å²) in [6, 6.07) is 14.3. The van der Waals surface area contributed by atoms with Crippen molar-refractivity contribution >= 4 is 0 Å². The van der Waals surface area contributed by atoms with Crippen molar-refractivity contribution in [1.29, 1.82) is 0 Å². The Labute approximate surface area is 150 Å². The predicted octanol–water partition coefficient (Wildman–Crippen LogP) is 3.63. The minimum absolute atomic E-state index is 0.482. The summed E-state index contributed by atoms with van der Waals surface area (Å²) in [5.74, 6) is 0. The molecule has 2 N–H and O–H groups in total. The molecule has 3 nitrogen and oxygen atoms in total. The van der Waals surface area contributed by atoms with Crippen LogP contribution in [0, 0.1) is 20.8 Å². The second-order valence-electron chi connectivity index (χ2n) is 7.51. The first-order chi connectivity index (χ1) is 11.9. The van der Waals surface area contributed by atoms with Crippen LogP contribution in [0.4, 0.5) is 0 Å². The van der Waals surface area contributed by atoms with E-state index in [1.54, 1.807) is 0 Å². The lowest BCUT2D eigenvalue weighted by Crippen LogP contribution is -2.44. The van der Waals surface area contributed by atoms with Crippen LogP contribution in [-0.2, 0) is 5.60 Å². The van der Waals surface area contributed by atoms with Crippen LogP contribution in [-0.4, -0.2) is 34.7 Å². The Bertz CT molecular complexity index is 733. The molecule has 0 amide bonds. The van der Waals surface area contributed by atoms with E-state index in [-0.39, 0.29) is 0 Å². The maximum atomic E-state index is 11.1. The number of aryl methyl sites for hydroxylation is 3. The summed E-state index contributed by atoms with van der Waals surface area (Å²) in [6.45, 7) is 8.44. The molecule has 1 aliphatic heterocycles. The van der Waals surface area contributed by atoms with Gasteiger partial charge in [0.25, 0.3) is 0 Å². The van der Waals surface area contributed by atoms with Crippen LogP contribution < -0.4 is 0 Å². The Hall–Kier alpha value is -1.68. The number of hydrogen-bond donors (Lipinski definition) is 2. The standard InChI is InChI=1S/C22H29NO2/c1-16-8-9-19(14-18(16)3)21(24)15-23-12-10-22(25,11-13-23)20-7-5-4-6-17(20)2/h4-9,14,21,24-25H,10-13,15H2,1-3H3. The van der Waals surface area contributed by atoms with Crippen molar-refractivity contribution in [3.63, 3.8) is 0 Å². The minimum atomic E-state index is -0.743. The molecule has 1 saturated heterocycles. The highest BCUT2D eigenvalue weighted by Crippen LogP contribution is 2.35. The van der Waals surface area contributed by atoms with E-state index in [0.717, 1.165) is 29.8 Å². The molecule has 2 aromatic rings. The van der Waals surface area contributed by atoms with E-state index in [1.165, 1.54) is 11.1 Å². The van der Waals surface area contributed by atoms with Crippen molar-refractivity contribution in [2.75, 3.05) is 19.6 Å². The first-order valence-electron chi connectivity index (χ1n) is 9.15. The molecule has 3 heteroatoms. The van der Waals surface area contributed by atoms with Gasteiger partial charge in [0.15, 0.2) is 0 Å². The van der Waals surface area contributed by atoms with E-state index in [4.69, 9.17) is 0 Å². The maximum Gasteiger partial charge on any atom is 0.0923 e. The molecule has 0 radical (unpaired) electrons. The topological polar surface area (TPSA) is 43.7 Å². The maximum absolute atomic E-state index is 11.1. The average molecular weight is 339 g/mol. The SMILES string of the molecule is Cc1ccc(C(O)CN2CCC(O)(c3ccccc3C)CC2)cc1C. The van der Waals surface area contributed by atoms with E-state index >= 15 is 0 Å². The number of rotatable bonds is 4. The molecule has 1 atom stereocenters. The van der Waals surface area contributed by atoms with Crippen LogP contribution in [0.1, 0.15) is 46.8 Å². The molecule has 3 rings (SSSR count).